The minimum atomic E-state index is -0.128. The van der Waals surface area contributed by atoms with Crippen LogP contribution in [0.1, 0.15) is 0 Å². The number of anilines is 2. The van der Waals surface area contributed by atoms with Gasteiger partial charge in [0.2, 0.25) is 5.43 Å². The Balaban J connectivity index is 1.74. The standard InChI is InChI=1S/C24H15Cl2N3O/c25-15-5-9-17(10-6-15)27-21-13-20-23(14-24(21)30)29(18-11-7-16(26)8-12-18)22-4-2-1-3-19(22)28-20/h1-14,27H. The Labute approximate surface area is 182 Å². The van der Waals surface area contributed by atoms with Gasteiger partial charge in [-0.1, -0.05) is 35.3 Å². The van der Waals surface area contributed by atoms with Gasteiger partial charge in [0, 0.05) is 27.5 Å². The predicted octanol–water partition coefficient (Wildman–Crippen LogP) is 6.54. The van der Waals surface area contributed by atoms with Crippen LogP contribution < -0.4 is 10.7 Å². The summed E-state index contributed by atoms with van der Waals surface area (Å²) < 4.78 is 2.03. The molecule has 0 saturated carbocycles. The molecule has 4 nitrogen and oxygen atoms in total. The van der Waals surface area contributed by atoms with E-state index in [9.17, 15) is 4.79 Å². The third-order valence-electron chi connectivity index (χ3n) is 4.89. The summed E-state index contributed by atoms with van der Waals surface area (Å²) in [6, 6.07) is 26.0. The van der Waals surface area contributed by atoms with Gasteiger partial charge in [0.25, 0.3) is 0 Å². The normalized spacial score (nSPS) is 11.1. The quantitative estimate of drug-likeness (QED) is 0.329. The predicted molar refractivity (Wildman–Crippen MR) is 124 cm³/mol. The molecule has 0 bridgehead atoms. The summed E-state index contributed by atoms with van der Waals surface area (Å²) in [5.41, 5.74) is 5.18. The van der Waals surface area contributed by atoms with Crippen molar-refractivity contribution in [2.75, 3.05) is 5.32 Å². The van der Waals surface area contributed by atoms with Gasteiger partial charge < -0.3 is 9.88 Å². The maximum atomic E-state index is 12.9. The molecule has 0 aromatic heterocycles. The Kier molecular flexibility index (Phi) is 4.66. The number of para-hydroxylation sites is 2. The van der Waals surface area contributed by atoms with Crippen molar-refractivity contribution >= 4 is 45.6 Å². The van der Waals surface area contributed by atoms with E-state index in [4.69, 9.17) is 28.2 Å². The number of rotatable bonds is 3. The summed E-state index contributed by atoms with van der Waals surface area (Å²) in [7, 11) is 0. The van der Waals surface area contributed by atoms with E-state index >= 15 is 0 Å². The van der Waals surface area contributed by atoms with Gasteiger partial charge in [-0.25, -0.2) is 4.98 Å². The van der Waals surface area contributed by atoms with Gasteiger partial charge >= 0.3 is 0 Å². The van der Waals surface area contributed by atoms with Crippen molar-refractivity contribution < 1.29 is 0 Å². The van der Waals surface area contributed by atoms with Crippen molar-refractivity contribution in [2.45, 2.75) is 0 Å². The van der Waals surface area contributed by atoms with Crippen LogP contribution in [0.2, 0.25) is 10.0 Å². The molecule has 1 aliphatic carbocycles. The van der Waals surface area contributed by atoms with Crippen LogP contribution in [0.5, 0.6) is 0 Å². The minimum absolute atomic E-state index is 0.128. The van der Waals surface area contributed by atoms with Crippen LogP contribution in [0.25, 0.3) is 28.1 Å². The van der Waals surface area contributed by atoms with Crippen LogP contribution in [-0.4, -0.2) is 9.55 Å². The molecule has 146 valence electrons. The molecule has 0 amide bonds. The van der Waals surface area contributed by atoms with E-state index in [0.29, 0.717) is 21.4 Å². The first-order valence-corrected chi connectivity index (χ1v) is 10.1. The van der Waals surface area contributed by atoms with E-state index in [2.05, 4.69) is 5.32 Å². The van der Waals surface area contributed by atoms with E-state index in [1.165, 1.54) is 0 Å². The maximum absolute atomic E-state index is 12.9. The summed E-state index contributed by atoms with van der Waals surface area (Å²) in [5.74, 6) is 0. The zero-order valence-corrected chi connectivity index (χ0v) is 17.2. The van der Waals surface area contributed by atoms with E-state index in [-0.39, 0.29) is 5.43 Å². The maximum Gasteiger partial charge on any atom is 0.204 e. The number of fused-ring (bicyclic) bond motifs is 2. The smallest absolute Gasteiger partial charge is 0.204 e. The van der Waals surface area contributed by atoms with Crippen LogP contribution in [0.3, 0.4) is 0 Å². The first-order valence-electron chi connectivity index (χ1n) is 9.32. The number of hydrogen-bond donors (Lipinski definition) is 1. The molecule has 0 spiro atoms. The molecule has 1 heterocycles. The van der Waals surface area contributed by atoms with Gasteiger partial charge in [-0.3, -0.25) is 4.79 Å². The molecule has 3 aromatic carbocycles. The molecule has 0 radical (unpaired) electrons. The summed E-state index contributed by atoms with van der Waals surface area (Å²) in [6.45, 7) is 0. The fraction of sp³-hybridized carbons (Fsp3) is 0. The zero-order chi connectivity index (χ0) is 20.7. The van der Waals surface area contributed by atoms with Crippen LogP contribution in [-0.2, 0) is 0 Å². The third-order valence-corrected chi connectivity index (χ3v) is 5.39. The lowest BCUT2D eigenvalue weighted by Crippen LogP contribution is -2.13. The van der Waals surface area contributed by atoms with E-state index in [1.54, 1.807) is 24.3 Å². The molecular formula is C24H15Cl2N3O. The molecule has 0 fully saturated rings. The number of nitrogens with one attached hydrogen (secondary N) is 1. The topological polar surface area (TPSA) is 46.9 Å². The molecule has 0 saturated heterocycles. The molecule has 1 aliphatic heterocycles. The molecule has 30 heavy (non-hydrogen) atoms. The summed E-state index contributed by atoms with van der Waals surface area (Å²) in [4.78, 5) is 17.7. The summed E-state index contributed by atoms with van der Waals surface area (Å²) in [5, 5.41) is 4.46. The van der Waals surface area contributed by atoms with Crippen LogP contribution in [0, 0.1) is 0 Å². The lowest BCUT2D eigenvalue weighted by atomic mass is 10.1. The van der Waals surface area contributed by atoms with Crippen molar-refractivity contribution in [3.8, 4) is 17.1 Å². The summed E-state index contributed by atoms with van der Waals surface area (Å²) >= 11 is 12.0. The molecule has 1 N–H and O–H groups in total. The molecule has 6 heteroatoms. The average molecular weight is 432 g/mol. The van der Waals surface area contributed by atoms with Crippen LogP contribution >= 0.6 is 23.2 Å². The van der Waals surface area contributed by atoms with Crippen molar-refractivity contribution in [2.24, 2.45) is 0 Å². The number of benzene rings is 4. The molecule has 5 rings (SSSR count). The highest BCUT2D eigenvalue weighted by molar-refractivity contribution is 6.30. The van der Waals surface area contributed by atoms with Crippen LogP contribution in [0.15, 0.2) is 89.7 Å². The highest BCUT2D eigenvalue weighted by Crippen LogP contribution is 2.30. The van der Waals surface area contributed by atoms with Gasteiger partial charge in [-0.05, 0) is 66.7 Å². The Morgan fingerprint density at radius 1 is 0.800 bits per heavy atom. The highest BCUT2D eigenvalue weighted by atomic mass is 35.5. The SMILES string of the molecule is O=c1cc2n(-c3ccc(Cl)cc3)c3ccccc3nc-2cc1Nc1ccc(Cl)cc1. The monoisotopic (exact) mass is 431 g/mol. The Bertz CT molecular complexity index is 1390. The Hall–Kier alpha value is -3.34. The van der Waals surface area contributed by atoms with Gasteiger partial charge in [-0.2, -0.15) is 0 Å². The van der Waals surface area contributed by atoms with Crippen molar-refractivity contribution in [1.29, 1.82) is 0 Å². The zero-order valence-electron chi connectivity index (χ0n) is 15.6. The van der Waals surface area contributed by atoms with Gasteiger partial charge in [-0.15, -0.1) is 0 Å². The van der Waals surface area contributed by atoms with Crippen LogP contribution in [0.4, 0.5) is 11.4 Å². The van der Waals surface area contributed by atoms with E-state index < -0.39 is 0 Å². The van der Waals surface area contributed by atoms with E-state index in [1.807, 2.05) is 65.2 Å². The molecule has 3 aromatic rings. The van der Waals surface area contributed by atoms with Crippen molar-refractivity contribution in [3.63, 3.8) is 0 Å². The van der Waals surface area contributed by atoms with Gasteiger partial charge in [0.05, 0.1) is 28.1 Å². The second kappa shape index (κ2) is 7.48. The number of hydrogen-bond acceptors (Lipinski definition) is 3. The Morgan fingerprint density at radius 2 is 1.47 bits per heavy atom. The second-order valence-electron chi connectivity index (χ2n) is 6.88. The molecule has 0 atom stereocenters. The van der Waals surface area contributed by atoms with E-state index in [0.717, 1.165) is 28.1 Å². The number of nitrogens with zero attached hydrogens (tertiary/aromatic N) is 2. The minimum Gasteiger partial charge on any atom is -0.352 e. The number of aromatic nitrogens is 2. The highest BCUT2D eigenvalue weighted by Gasteiger charge is 2.17. The molecule has 0 unspecified atom stereocenters. The summed E-state index contributed by atoms with van der Waals surface area (Å²) in [6.07, 6.45) is 0. The third kappa shape index (κ3) is 3.41. The lowest BCUT2D eigenvalue weighted by molar-refractivity contribution is 1.08. The average Bonchev–Trinajstić information content (AvgIpc) is 2.75. The largest absolute Gasteiger partial charge is 0.352 e. The van der Waals surface area contributed by atoms with Gasteiger partial charge in [0.15, 0.2) is 0 Å². The molecule has 2 aliphatic rings. The van der Waals surface area contributed by atoms with Crippen molar-refractivity contribution in [3.05, 3.63) is 105 Å². The first kappa shape index (κ1) is 18.7. The lowest BCUT2D eigenvalue weighted by Gasteiger charge is -2.19. The fourth-order valence-electron chi connectivity index (χ4n) is 3.49. The number of halogens is 2. The van der Waals surface area contributed by atoms with Crippen molar-refractivity contribution in [1.82, 2.24) is 9.55 Å². The fourth-order valence-corrected chi connectivity index (χ4v) is 3.74. The second-order valence-corrected chi connectivity index (χ2v) is 7.75. The Morgan fingerprint density at radius 3 is 2.20 bits per heavy atom. The first-order chi connectivity index (χ1) is 14.6. The van der Waals surface area contributed by atoms with Gasteiger partial charge in [0.1, 0.15) is 0 Å². The molecular weight excluding hydrogens is 417 g/mol.